The number of hydrogen-bond acceptors (Lipinski definition) is 3. The monoisotopic (exact) mass is 329 g/mol. The summed E-state index contributed by atoms with van der Waals surface area (Å²) in [5.41, 5.74) is 1.18. The molecule has 4 heteroatoms. The molecule has 3 nitrogen and oxygen atoms in total. The molecular weight excluding hydrogens is 306 g/mol. The number of nitrogens with one attached hydrogen (secondary N) is 1. The molecule has 1 aromatic carbocycles. The van der Waals surface area contributed by atoms with Crippen molar-refractivity contribution in [2.75, 3.05) is 7.11 Å². The first-order valence-electron chi connectivity index (χ1n) is 6.74. The van der Waals surface area contributed by atoms with Crippen LogP contribution in [0.1, 0.15) is 39.7 Å². The first-order chi connectivity index (χ1) is 8.97. The molecule has 1 atom stereocenters. The van der Waals surface area contributed by atoms with E-state index in [0.29, 0.717) is 6.04 Å². The molecule has 0 aliphatic carbocycles. The van der Waals surface area contributed by atoms with Crippen molar-refractivity contribution in [3.05, 3.63) is 22.2 Å². The number of rotatable bonds is 7. The van der Waals surface area contributed by atoms with Gasteiger partial charge in [0.15, 0.2) is 11.5 Å². The lowest BCUT2D eigenvalue weighted by Crippen LogP contribution is -2.24. The average Bonchev–Trinajstić information content (AvgIpc) is 2.37. The second-order valence-electron chi connectivity index (χ2n) is 4.97. The molecule has 1 rings (SSSR count). The van der Waals surface area contributed by atoms with Crippen LogP contribution in [-0.2, 0) is 6.54 Å². The molecule has 0 aromatic heterocycles. The van der Waals surface area contributed by atoms with Crippen molar-refractivity contribution < 1.29 is 9.47 Å². The first kappa shape index (κ1) is 16.3. The SMILES string of the molecule is CC[C@H](C)NCc1cc(Br)c(OC(C)C)c(OC)c1. The van der Waals surface area contributed by atoms with Crippen molar-refractivity contribution in [3.8, 4) is 11.5 Å². The van der Waals surface area contributed by atoms with Gasteiger partial charge in [0, 0.05) is 12.6 Å². The summed E-state index contributed by atoms with van der Waals surface area (Å²) in [7, 11) is 1.67. The van der Waals surface area contributed by atoms with Crippen molar-refractivity contribution in [2.24, 2.45) is 0 Å². The Balaban J connectivity index is 2.89. The van der Waals surface area contributed by atoms with Crippen LogP contribution in [0, 0.1) is 0 Å². The van der Waals surface area contributed by atoms with E-state index in [-0.39, 0.29) is 6.10 Å². The third-order valence-corrected chi connectivity index (χ3v) is 3.50. The van der Waals surface area contributed by atoms with Crippen LogP contribution >= 0.6 is 15.9 Å². The highest BCUT2D eigenvalue weighted by atomic mass is 79.9. The summed E-state index contributed by atoms with van der Waals surface area (Å²) in [6, 6.07) is 4.62. The molecule has 0 saturated heterocycles. The quantitative estimate of drug-likeness (QED) is 0.815. The molecule has 1 N–H and O–H groups in total. The molecule has 1 aromatic rings. The van der Waals surface area contributed by atoms with Gasteiger partial charge in [-0.25, -0.2) is 0 Å². The van der Waals surface area contributed by atoms with Gasteiger partial charge in [0.25, 0.3) is 0 Å². The van der Waals surface area contributed by atoms with Crippen LogP contribution in [0.5, 0.6) is 11.5 Å². The maximum atomic E-state index is 5.78. The van der Waals surface area contributed by atoms with Crippen LogP contribution in [0.2, 0.25) is 0 Å². The Morgan fingerprint density at radius 1 is 1.26 bits per heavy atom. The lowest BCUT2D eigenvalue weighted by molar-refractivity contribution is 0.228. The van der Waals surface area contributed by atoms with E-state index in [1.165, 1.54) is 5.56 Å². The van der Waals surface area contributed by atoms with Crippen molar-refractivity contribution in [2.45, 2.75) is 52.8 Å². The van der Waals surface area contributed by atoms with Crippen LogP contribution in [0.3, 0.4) is 0 Å². The Labute approximate surface area is 124 Å². The highest BCUT2D eigenvalue weighted by Gasteiger charge is 2.13. The molecule has 0 heterocycles. The fourth-order valence-electron chi connectivity index (χ4n) is 1.66. The molecule has 0 saturated carbocycles. The summed E-state index contributed by atoms with van der Waals surface area (Å²) in [6.45, 7) is 9.19. The van der Waals surface area contributed by atoms with Crippen LogP contribution < -0.4 is 14.8 Å². The smallest absolute Gasteiger partial charge is 0.175 e. The minimum absolute atomic E-state index is 0.120. The molecule has 0 fully saturated rings. The fourth-order valence-corrected chi connectivity index (χ4v) is 2.24. The van der Waals surface area contributed by atoms with E-state index in [4.69, 9.17) is 9.47 Å². The van der Waals surface area contributed by atoms with Gasteiger partial charge in [0.05, 0.1) is 17.7 Å². The highest BCUT2D eigenvalue weighted by molar-refractivity contribution is 9.10. The highest BCUT2D eigenvalue weighted by Crippen LogP contribution is 2.37. The minimum atomic E-state index is 0.120. The van der Waals surface area contributed by atoms with Gasteiger partial charge in [-0.3, -0.25) is 0 Å². The molecule has 0 unspecified atom stereocenters. The zero-order chi connectivity index (χ0) is 14.4. The second kappa shape index (κ2) is 7.75. The van der Waals surface area contributed by atoms with E-state index in [2.05, 4.69) is 41.2 Å². The molecule has 0 amide bonds. The summed E-state index contributed by atoms with van der Waals surface area (Å²) in [5.74, 6) is 1.54. The molecule has 0 spiro atoms. The van der Waals surface area contributed by atoms with Crippen molar-refractivity contribution in [1.82, 2.24) is 5.32 Å². The van der Waals surface area contributed by atoms with Gasteiger partial charge in [-0.15, -0.1) is 0 Å². The van der Waals surface area contributed by atoms with E-state index in [9.17, 15) is 0 Å². The Bertz CT molecular complexity index is 407. The average molecular weight is 330 g/mol. The fraction of sp³-hybridized carbons (Fsp3) is 0.600. The Hall–Kier alpha value is -0.740. The van der Waals surface area contributed by atoms with E-state index in [1.54, 1.807) is 7.11 Å². The number of hydrogen-bond donors (Lipinski definition) is 1. The lowest BCUT2D eigenvalue weighted by Gasteiger charge is -2.17. The Morgan fingerprint density at radius 3 is 2.47 bits per heavy atom. The predicted molar refractivity (Wildman–Crippen MR) is 83.1 cm³/mol. The van der Waals surface area contributed by atoms with E-state index in [1.807, 2.05) is 19.9 Å². The number of methoxy groups -OCH3 is 1. The van der Waals surface area contributed by atoms with Crippen LogP contribution in [0.25, 0.3) is 0 Å². The number of benzene rings is 1. The largest absolute Gasteiger partial charge is 0.493 e. The first-order valence-corrected chi connectivity index (χ1v) is 7.53. The Kier molecular flexibility index (Phi) is 6.66. The van der Waals surface area contributed by atoms with Gasteiger partial charge < -0.3 is 14.8 Å². The van der Waals surface area contributed by atoms with Crippen LogP contribution in [0.15, 0.2) is 16.6 Å². The summed E-state index contributed by atoms with van der Waals surface area (Å²) in [6.07, 6.45) is 1.24. The third-order valence-electron chi connectivity index (χ3n) is 2.91. The van der Waals surface area contributed by atoms with Gasteiger partial charge in [0.2, 0.25) is 0 Å². The third kappa shape index (κ3) is 5.03. The zero-order valence-corrected chi connectivity index (χ0v) is 14.0. The van der Waals surface area contributed by atoms with E-state index < -0.39 is 0 Å². The van der Waals surface area contributed by atoms with Crippen molar-refractivity contribution in [1.29, 1.82) is 0 Å². The van der Waals surface area contributed by atoms with Crippen LogP contribution in [-0.4, -0.2) is 19.3 Å². The predicted octanol–water partition coefficient (Wildman–Crippen LogP) is 4.13. The zero-order valence-electron chi connectivity index (χ0n) is 12.4. The van der Waals surface area contributed by atoms with Gasteiger partial charge >= 0.3 is 0 Å². The summed E-state index contributed by atoms with van der Waals surface area (Å²) in [5, 5.41) is 3.47. The topological polar surface area (TPSA) is 30.5 Å². The van der Waals surface area contributed by atoms with Gasteiger partial charge in [0.1, 0.15) is 0 Å². The molecule has 19 heavy (non-hydrogen) atoms. The standard InChI is InChI=1S/C15H24BrNO2/c1-6-11(4)17-9-12-7-13(16)15(19-10(2)3)14(8-12)18-5/h7-8,10-11,17H,6,9H2,1-5H3/t11-/m0/s1. The lowest BCUT2D eigenvalue weighted by atomic mass is 10.1. The molecule has 108 valence electrons. The maximum Gasteiger partial charge on any atom is 0.175 e. The van der Waals surface area contributed by atoms with Gasteiger partial charge in [-0.1, -0.05) is 6.92 Å². The molecule has 0 aliphatic rings. The summed E-state index contributed by atoms with van der Waals surface area (Å²) in [4.78, 5) is 0. The summed E-state index contributed by atoms with van der Waals surface area (Å²) >= 11 is 3.56. The minimum Gasteiger partial charge on any atom is -0.493 e. The Morgan fingerprint density at radius 2 is 1.95 bits per heavy atom. The van der Waals surface area contributed by atoms with Crippen molar-refractivity contribution >= 4 is 15.9 Å². The molecule has 0 bridgehead atoms. The molecule has 0 aliphatic heterocycles. The van der Waals surface area contributed by atoms with E-state index in [0.717, 1.165) is 28.9 Å². The van der Waals surface area contributed by atoms with Crippen LogP contribution in [0.4, 0.5) is 0 Å². The van der Waals surface area contributed by atoms with Crippen molar-refractivity contribution in [3.63, 3.8) is 0 Å². The number of halogens is 1. The normalized spacial score (nSPS) is 12.6. The molecular formula is C15H24BrNO2. The molecule has 0 radical (unpaired) electrons. The van der Waals surface area contributed by atoms with E-state index >= 15 is 0 Å². The second-order valence-corrected chi connectivity index (χ2v) is 5.82. The summed E-state index contributed by atoms with van der Waals surface area (Å²) < 4.78 is 12.1. The number of ether oxygens (including phenoxy) is 2. The van der Waals surface area contributed by atoms with Gasteiger partial charge in [-0.05, 0) is 60.8 Å². The maximum absolute atomic E-state index is 5.78. The van der Waals surface area contributed by atoms with Gasteiger partial charge in [-0.2, -0.15) is 0 Å².